The molecule has 1 unspecified atom stereocenters. The number of nitrogens with one attached hydrogen (secondary N) is 1. The van der Waals surface area contributed by atoms with Crippen LogP contribution >= 0.6 is 0 Å². The number of hydrogen-bond acceptors (Lipinski definition) is 6. The summed E-state index contributed by atoms with van der Waals surface area (Å²) >= 11 is 0. The number of benzene rings is 1. The smallest absolute Gasteiger partial charge is 0.321 e. The number of carboxylic acid groups (broad SMARTS) is 1. The van der Waals surface area contributed by atoms with E-state index in [2.05, 4.69) is 0 Å². The summed E-state index contributed by atoms with van der Waals surface area (Å²) in [5.74, 6) is -0.811. The fourth-order valence-corrected chi connectivity index (χ4v) is 2.15. The number of rotatable bonds is 7. The number of nitrogens with two attached hydrogens (primary N) is 1. The number of sulfonamides is 1. The first-order valence-corrected chi connectivity index (χ1v) is 7.14. The lowest BCUT2D eigenvalue weighted by atomic mass is 10.2. The fourth-order valence-electron chi connectivity index (χ4n) is 1.34. The van der Waals surface area contributed by atoms with Crippen LogP contribution in [0.2, 0.25) is 0 Å². The molecule has 0 heterocycles. The largest absolute Gasteiger partial charge is 0.481 e. The summed E-state index contributed by atoms with van der Waals surface area (Å²) in [5, 5.41) is 8.87. The molecule has 0 saturated heterocycles. The van der Waals surface area contributed by atoms with Crippen LogP contribution in [0.1, 0.15) is 5.56 Å². The summed E-state index contributed by atoms with van der Waals surface area (Å²) in [7, 11) is -4.05. The minimum atomic E-state index is -4.05. The Morgan fingerprint density at radius 3 is 2.40 bits per heavy atom. The second-order valence-electron chi connectivity index (χ2n) is 3.88. The molecule has 4 N–H and O–H groups in total. The molecule has 0 saturated carbocycles. The Kier molecular flexibility index (Phi) is 5.62. The summed E-state index contributed by atoms with van der Waals surface area (Å²) < 4.78 is 27.2. The molecule has 1 rings (SSSR count). The van der Waals surface area contributed by atoms with E-state index in [1.807, 2.05) is 0 Å². The SMILES string of the molecule is NNS(=O)(=O)CC(C(=O)O)C(=O)OCc1ccccc1. The number of esters is 1. The van der Waals surface area contributed by atoms with Crippen LogP contribution in [0, 0.1) is 5.92 Å². The van der Waals surface area contributed by atoms with Crippen LogP contribution in [-0.4, -0.2) is 31.2 Å². The Hall–Kier alpha value is -1.97. The molecule has 9 heteroatoms. The molecule has 0 aliphatic rings. The number of ether oxygens (including phenoxy) is 1. The first-order valence-electron chi connectivity index (χ1n) is 5.49. The molecule has 0 amide bonds. The van der Waals surface area contributed by atoms with Crippen LogP contribution in [0.15, 0.2) is 30.3 Å². The van der Waals surface area contributed by atoms with E-state index in [1.165, 1.54) is 4.83 Å². The van der Waals surface area contributed by atoms with E-state index in [9.17, 15) is 18.0 Å². The van der Waals surface area contributed by atoms with Crippen molar-refractivity contribution >= 4 is 22.0 Å². The third-order valence-corrected chi connectivity index (χ3v) is 3.50. The lowest BCUT2D eigenvalue weighted by molar-refractivity contribution is -0.158. The maximum absolute atomic E-state index is 11.6. The van der Waals surface area contributed by atoms with Crippen molar-refractivity contribution in [3.8, 4) is 0 Å². The summed E-state index contributed by atoms with van der Waals surface area (Å²) in [4.78, 5) is 24.0. The van der Waals surface area contributed by atoms with E-state index < -0.39 is 33.6 Å². The van der Waals surface area contributed by atoms with Crippen molar-refractivity contribution in [3.63, 3.8) is 0 Å². The zero-order chi connectivity index (χ0) is 15.2. The first kappa shape index (κ1) is 16.1. The molecule has 8 nitrogen and oxygen atoms in total. The van der Waals surface area contributed by atoms with Gasteiger partial charge in [0, 0.05) is 0 Å². The number of carboxylic acids is 1. The van der Waals surface area contributed by atoms with Crippen LogP contribution in [0.4, 0.5) is 0 Å². The number of carbonyl (C=O) groups excluding carboxylic acids is 1. The Morgan fingerprint density at radius 1 is 1.30 bits per heavy atom. The lowest BCUT2D eigenvalue weighted by Gasteiger charge is -2.12. The van der Waals surface area contributed by atoms with Gasteiger partial charge in [0.2, 0.25) is 10.0 Å². The average Bonchev–Trinajstić information content (AvgIpc) is 2.43. The van der Waals surface area contributed by atoms with Gasteiger partial charge in [-0.2, -0.15) is 4.83 Å². The predicted molar refractivity (Wildman–Crippen MR) is 68.5 cm³/mol. The van der Waals surface area contributed by atoms with Crippen LogP contribution in [0.5, 0.6) is 0 Å². The van der Waals surface area contributed by atoms with E-state index in [0.717, 1.165) is 0 Å². The van der Waals surface area contributed by atoms with Crippen molar-refractivity contribution in [3.05, 3.63) is 35.9 Å². The first-order chi connectivity index (χ1) is 9.35. The van der Waals surface area contributed by atoms with Crippen molar-refractivity contribution in [2.75, 3.05) is 5.75 Å². The molecule has 0 aliphatic heterocycles. The fraction of sp³-hybridized carbons (Fsp3) is 0.273. The van der Waals surface area contributed by atoms with Crippen molar-refractivity contribution < 1.29 is 27.9 Å². The molecule has 0 spiro atoms. The Balaban J connectivity index is 2.68. The minimum Gasteiger partial charge on any atom is -0.481 e. The van der Waals surface area contributed by atoms with Crippen LogP contribution in [0.3, 0.4) is 0 Å². The average molecular weight is 302 g/mol. The quantitative estimate of drug-likeness (QED) is 0.260. The molecule has 110 valence electrons. The van der Waals surface area contributed by atoms with Gasteiger partial charge in [-0.05, 0) is 5.56 Å². The molecule has 0 fully saturated rings. The maximum Gasteiger partial charge on any atom is 0.321 e. The van der Waals surface area contributed by atoms with E-state index in [-0.39, 0.29) is 6.61 Å². The van der Waals surface area contributed by atoms with Gasteiger partial charge in [-0.25, -0.2) is 8.42 Å². The second-order valence-corrected chi connectivity index (χ2v) is 5.68. The van der Waals surface area contributed by atoms with E-state index in [0.29, 0.717) is 5.56 Å². The molecule has 20 heavy (non-hydrogen) atoms. The Morgan fingerprint density at radius 2 is 1.90 bits per heavy atom. The molecular weight excluding hydrogens is 288 g/mol. The molecule has 1 aromatic rings. The molecule has 0 radical (unpaired) electrons. The van der Waals surface area contributed by atoms with Crippen molar-refractivity contribution in [2.45, 2.75) is 6.61 Å². The predicted octanol–water partition coefficient (Wildman–Crippen LogP) is -0.776. The Labute approximate surface area is 115 Å². The maximum atomic E-state index is 11.6. The van der Waals surface area contributed by atoms with Gasteiger partial charge >= 0.3 is 11.9 Å². The number of hydrazine groups is 1. The normalized spacial score (nSPS) is 12.7. The highest BCUT2D eigenvalue weighted by atomic mass is 32.2. The Bertz CT molecular complexity index is 572. The highest BCUT2D eigenvalue weighted by Crippen LogP contribution is 2.08. The van der Waals surface area contributed by atoms with Crippen molar-refractivity contribution in [1.29, 1.82) is 0 Å². The molecule has 1 aromatic carbocycles. The standard InChI is InChI=1S/C11H14N2O6S/c12-13-20(17,18)7-9(10(14)15)11(16)19-6-8-4-2-1-3-5-8/h1-5,9,13H,6-7,12H2,(H,14,15). The summed E-state index contributed by atoms with van der Waals surface area (Å²) in [5.41, 5.74) is 0.657. The van der Waals surface area contributed by atoms with Crippen molar-refractivity contribution in [1.82, 2.24) is 4.83 Å². The van der Waals surface area contributed by atoms with Gasteiger partial charge in [0.1, 0.15) is 6.61 Å². The monoisotopic (exact) mass is 302 g/mol. The van der Waals surface area contributed by atoms with Crippen LogP contribution in [-0.2, 0) is 31.0 Å². The van der Waals surface area contributed by atoms with E-state index in [1.54, 1.807) is 30.3 Å². The zero-order valence-electron chi connectivity index (χ0n) is 10.4. The number of hydrogen-bond donors (Lipinski definition) is 3. The van der Waals surface area contributed by atoms with E-state index in [4.69, 9.17) is 15.7 Å². The number of carbonyl (C=O) groups is 2. The van der Waals surface area contributed by atoms with Gasteiger partial charge in [-0.3, -0.25) is 15.4 Å². The van der Waals surface area contributed by atoms with Gasteiger partial charge in [0.05, 0.1) is 5.75 Å². The van der Waals surface area contributed by atoms with Crippen LogP contribution in [0.25, 0.3) is 0 Å². The molecule has 0 aromatic heterocycles. The summed E-state index contributed by atoms with van der Waals surface area (Å²) in [6, 6.07) is 8.58. The molecule has 0 aliphatic carbocycles. The van der Waals surface area contributed by atoms with Gasteiger partial charge in [-0.1, -0.05) is 30.3 Å². The van der Waals surface area contributed by atoms with Crippen molar-refractivity contribution in [2.24, 2.45) is 11.8 Å². The van der Waals surface area contributed by atoms with Gasteiger partial charge < -0.3 is 9.84 Å². The van der Waals surface area contributed by atoms with E-state index >= 15 is 0 Å². The third kappa shape index (κ3) is 4.96. The lowest BCUT2D eigenvalue weighted by Crippen LogP contribution is -2.40. The highest BCUT2D eigenvalue weighted by Gasteiger charge is 2.33. The second kappa shape index (κ2) is 6.98. The minimum absolute atomic E-state index is 0.139. The summed E-state index contributed by atoms with van der Waals surface area (Å²) in [6.45, 7) is -0.139. The van der Waals surface area contributed by atoms with Crippen LogP contribution < -0.4 is 10.7 Å². The topological polar surface area (TPSA) is 136 Å². The number of aliphatic carboxylic acids is 1. The molecule has 0 bridgehead atoms. The molecular formula is C11H14N2O6S. The molecule has 1 atom stereocenters. The van der Waals surface area contributed by atoms with Gasteiger partial charge in [0.25, 0.3) is 0 Å². The summed E-state index contributed by atoms with van der Waals surface area (Å²) in [6.07, 6.45) is 0. The van der Waals surface area contributed by atoms with Gasteiger partial charge in [0.15, 0.2) is 5.92 Å². The highest BCUT2D eigenvalue weighted by molar-refractivity contribution is 7.89. The third-order valence-electron chi connectivity index (χ3n) is 2.37. The van der Waals surface area contributed by atoms with Gasteiger partial charge in [-0.15, -0.1) is 0 Å². The zero-order valence-corrected chi connectivity index (χ0v) is 11.2.